The zero-order valence-electron chi connectivity index (χ0n) is 8.36. The van der Waals surface area contributed by atoms with E-state index in [1.165, 1.54) is 0 Å². The number of para-hydroxylation sites is 1. The van der Waals surface area contributed by atoms with Crippen molar-refractivity contribution < 1.29 is 9.53 Å². The molecule has 0 aliphatic heterocycles. The molecule has 0 saturated carbocycles. The molecule has 0 bridgehead atoms. The maximum Gasteiger partial charge on any atom is 0.298 e. The molecule has 1 rings (SSSR count). The molecule has 1 aromatic rings. The molecule has 72 valence electrons. The highest BCUT2D eigenvalue weighted by molar-refractivity contribution is 5.44. The van der Waals surface area contributed by atoms with E-state index in [4.69, 9.17) is 0 Å². The Kier molecular flexibility index (Phi) is 6.60. The molecule has 0 N–H and O–H groups in total. The summed E-state index contributed by atoms with van der Waals surface area (Å²) in [7, 11) is 0. The molecule has 13 heavy (non-hydrogen) atoms. The van der Waals surface area contributed by atoms with E-state index >= 15 is 0 Å². The van der Waals surface area contributed by atoms with Crippen molar-refractivity contribution in [2.45, 2.75) is 20.8 Å². The second-order valence-electron chi connectivity index (χ2n) is 3.26. The fraction of sp³-hybridized carbons (Fsp3) is 0.364. The summed E-state index contributed by atoms with van der Waals surface area (Å²) in [6, 6.07) is 8.90. The highest BCUT2D eigenvalue weighted by Crippen LogP contribution is 2.05. The van der Waals surface area contributed by atoms with E-state index in [-0.39, 0.29) is 0 Å². The Morgan fingerprint density at radius 1 is 1.15 bits per heavy atom. The number of rotatable bonds is 2. The third kappa shape index (κ3) is 8.60. The summed E-state index contributed by atoms with van der Waals surface area (Å²) in [4.78, 5) is 9.75. The number of benzene rings is 1. The van der Waals surface area contributed by atoms with Crippen molar-refractivity contribution in [3.8, 4) is 5.75 Å². The highest BCUT2D eigenvalue weighted by Gasteiger charge is 1.84. The normalized spacial score (nSPS) is 8.62. The Morgan fingerprint density at radius 2 is 1.62 bits per heavy atom. The molecule has 0 saturated heterocycles. The summed E-state index contributed by atoms with van der Waals surface area (Å²) < 4.78 is 4.53. The van der Waals surface area contributed by atoms with Crippen molar-refractivity contribution >= 4 is 6.47 Å². The minimum absolute atomic E-state index is 0.412. The largest absolute Gasteiger partial charge is 0.429 e. The van der Waals surface area contributed by atoms with Crippen LogP contribution in [0.3, 0.4) is 0 Å². The SMILES string of the molecule is CC(C)C.O=COc1ccccc1. The van der Waals surface area contributed by atoms with Gasteiger partial charge in [0, 0.05) is 0 Å². The van der Waals surface area contributed by atoms with Crippen LogP contribution in [-0.2, 0) is 4.79 Å². The lowest BCUT2D eigenvalue weighted by Gasteiger charge is -1.92. The van der Waals surface area contributed by atoms with Gasteiger partial charge in [0.15, 0.2) is 0 Å². The molecule has 2 nitrogen and oxygen atoms in total. The van der Waals surface area contributed by atoms with Crippen LogP contribution in [0.5, 0.6) is 5.75 Å². The number of hydrogen-bond acceptors (Lipinski definition) is 2. The third-order valence-electron chi connectivity index (χ3n) is 0.927. The third-order valence-corrected chi connectivity index (χ3v) is 0.927. The van der Waals surface area contributed by atoms with Crippen molar-refractivity contribution in [2.24, 2.45) is 5.92 Å². The van der Waals surface area contributed by atoms with Gasteiger partial charge in [0.1, 0.15) is 5.75 Å². The average Bonchev–Trinajstić information content (AvgIpc) is 2.06. The van der Waals surface area contributed by atoms with Crippen LogP contribution in [0.2, 0.25) is 0 Å². The van der Waals surface area contributed by atoms with Crippen LogP contribution >= 0.6 is 0 Å². The van der Waals surface area contributed by atoms with E-state index in [9.17, 15) is 4.79 Å². The molecule has 0 aliphatic rings. The topological polar surface area (TPSA) is 26.3 Å². The second kappa shape index (κ2) is 7.35. The van der Waals surface area contributed by atoms with Crippen LogP contribution in [0.25, 0.3) is 0 Å². The Balaban J connectivity index is 0.000000310. The molecule has 1 aromatic carbocycles. The summed E-state index contributed by atoms with van der Waals surface area (Å²) in [5, 5.41) is 0. The first kappa shape index (κ1) is 11.7. The molecule has 0 aromatic heterocycles. The van der Waals surface area contributed by atoms with Crippen molar-refractivity contribution in [1.29, 1.82) is 0 Å². The van der Waals surface area contributed by atoms with Gasteiger partial charge in [0.2, 0.25) is 0 Å². The summed E-state index contributed by atoms with van der Waals surface area (Å²) >= 11 is 0. The Bertz CT molecular complexity index is 214. The number of ether oxygens (including phenoxy) is 1. The highest BCUT2D eigenvalue weighted by atomic mass is 16.5. The van der Waals surface area contributed by atoms with Crippen molar-refractivity contribution in [1.82, 2.24) is 0 Å². The van der Waals surface area contributed by atoms with E-state index in [0.717, 1.165) is 5.92 Å². The maximum atomic E-state index is 9.75. The smallest absolute Gasteiger partial charge is 0.298 e. The van der Waals surface area contributed by atoms with E-state index in [2.05, 4.69) is 25.5 Å². The first-order valence-electron chi connectivity index (χ1n) is 4.32. The predicted molar refractivity (Wildman–Crippen MR) is 53.6 cm³/mol. The van der Waals surface area contributed by atoms with E-state index in [1.807, 2.05) is 6.07 Å². The fourth-order valence-electron chi connectivity index (χ4n) is 0.555. The van der Waals surface area contributed by atoms with Crippen LogP contribution in [0.15, 0.2) is 30.3 Å². The second-order valence-corrected chi connectivity index (χ2v) is 3.26. The maximum absolute atomic E-state index is 9.75. The van der Waals surface area contributed by atoms with Crippen molar-refractivity contribution in [3.05, 3.63) is 30.3 Å². The minimum Gasteiger partial charge on any atom is -0.429 e. The first-order chi connectivity index (χ1) is 6.16. The van der Waals surface area contributed by atoms with Gasteiger partial charge < -0.3 is 4.74 Å². The molecule has 0 heterocycles. The van der Waals surface area contributed by atoms with E-state index in [0.29, 0.717) is 12.2 Å². The monoisotopic (exact) mass is 180 g/mol. The van der Waals surface area contributed by atoms with Crippen LogP contribution < -0.4 is 4.74 Å². The van der Waals surface area contributed by atoms with Gasteiger partial charge in [-0.2, -0.15) is 0 Å². The standard InChI is InChI=1S/C7H6O2.C4H10/c8-6-9-7-4-2-1-3-5-7;1-4(2)3/h1-6H;4H,1-3H3. The summed E-state index contributed by atoms with van der Waals surface area (Å²) in [6.07, 6.45) is 0. The van der Waals surface area contributed by atoms with Crippen LogP contribution in [0.1, 0.15) is 20.8 Å². The quantitative estimate of drug-likeness (QED) is 0.654. The van der Waals surface area contributed by atoms with Gasteiger partial charge in [-0.25, -0.2) is 0 Å². The molecular weight excluding hydrogens is 164 g/mol. The minimum atomic E-state index is 0.412. The van der Waals surface area contributed by atoms with Crippen LogP contribution in [0.4, 0.5) is 0 Å². The van der Waals surface area contributed by atoms with E-state index in [1.54, 1.807) is 24.3 Å². The molecule has 0 atom stereocenters. The average molecular weight is 180 g/mol. The lowest BCUT2D eigenvalue weighted by molar-refractivity contribution is -0.120. The Morgan fingerprint density at radius 3 is 2.00 bits per heavy atom. The van der Waals surface area contributed by atoms with Crippen molar-refractivity contribution in [3.63, 3.8) is 0 Å². The molecule has 0 unspecified atom stereocenters. The number of hydrogen-bond donors (Lipinski definition) is 0. The number of carbonyl (C=O) groups excluding carboxylic acids is 1. The molecule has 0 aliphatic carbocycles. The summed E-state index contributed by atoms with van der Waals surface area (Å²) in [5.74, 6) is 1.41. The first-order valence-corrected chi connectivity index (χ1v) is 4.32. The van der Waals surface area contributed by atoms with Gasteiger partial charge >= 0.3 is 0 Å². The lowest BCUT2D eigenvalue weighted by atomic mass is 10.3. The molecule has 0 amide bonds. The van der Waals surface area contributed by atoms with Gasteiger partial charge in [0.05, 0.1) is 0 Å². The Labute approximate surface area is 79.5 Å². The van der Waals surface area contributed by atoms with Crippen molar-refractivity contribution in [2.75, 3.05) is 0 Å². The number of carbonyl (C=O) groups is 1. The zero-order valence-corrected chi connectivity index (χ0v) is 8.36. The van der Waals surface area contributed by atoms with Crippen LogP contribution in [0, 0.1) is 5.92 Å². The fourth-order valence-corrected chi connectivity index (χ4v) is 0.555. The van der Waals surface area contributed by atoms with Gasteiger partial charge in [-0.3, -0.25) is 4.79 Å². The molecule has 0 radical (unpaired) electrons. The predicted octanol–water partition coefficient (Wildman–Crippen LogP) is 2.88. The van der Waals surface area contributed by atoms with E-state index < -0.39 is 0 Å². The molecule has 2 heteroatoms. The molecule has 0 spiro atoms. The molecular formula is C11H16O2. The lowest BCUT2D eigenvalue weighted by Crippen LogP contribution is -1.85. The van der Waals surface area contributed by atoms with Gasteiger partial charge in [-0.05, 0) is 18.1 Å². The summed E-state index contributed by atoms with van der Waals surface area (Å²) in [5.41, 5.74) is 0. The van der Waals surface area contributed by atoms with Gasteiger partial charge in [0.25, 0.3) is 6.47 Å². The molecule has 0 fully saturated rings. The van der Waals surface area contributed by atoms with Gasteiger partial charge in [-0.1, -0.05) is 39.0 Å². The van der Waals surface area contributed by atoms with Gasteiger partial charge in [-0.15, -0.1) is 0 Å². The Hall–Kier alpha value is -1.31. The van der Waals surface area contributed by atoms with Crippen LogP contribution in [-0.4, -0.2) is 6.47 Å². The summed E-state index contributed by atoms with van der Waals surface area (Å²) in [6.45, 7) is 6.91. The zero-order chi connectivity index (χ0) is 10.1.